The van der Waals surface area contributed by atoms with Crippen LogP contribution in [0.3, 0.4) is 0 Å². The van der Waals surface area contributed by atoms with Crippen LogP contribution in [-0.2, 0) is 16.1 Å². The van der Waals surface area contributed by atoms with Gasteiger partial charge in [-0.05, 0) is 13.3 Å². The molecule has 16 heavy (non-hydrogen) atoms. The maximum atomic E-state index is 11.5. The lowest BCUT2D eigenvalue weighted by Crippen LogP contribution is -2.25. The molecule has 0 radical (unpaired) electrons. The summed E-state index contributed by atoms with van der Waals surface area (Å²) in [5, 5.41) is 11.4. The quantitative estimate of drug-likeness (QED) is 0.815. The van der Waals surface area contributed by atoms with E-state index in [1.807, 2.05) is 6.92 Å². The molecule has 1 amide bonds. The third-order valence-electron chi connectivity index (χ3n) is 2.71. The van der Waals surface area contributed by atoms with E-state index in [1.165, 1.54) is 11.3 Å². The highest BCUT2D eigenvalue weighted by atomic mass is 32.1. The van der Waals surface area contributed by atoms with E-state index in [2.05, 4.69) is 10.3 Å². The van der Waals surface area contributed by atoms with E-state index < -0.39 is 11.9 Å². The standard InChI is InChI=1S/C10H12N2O3S/c1-5-8(16-4-12-5)3-11-9(13)6-2-7(6)10(14)15/h4,6-7H,2-3H2,1H3,(H,11,13)(H,14,15). The minimum atomic E-state index is -0.880. The third-order valence-corrected chi connectivity index (χ3v) is 3.65. The van der Waals surface area contributed by atoms with E-state index in [-0.39, 0.29) is 11.8 Å². The van der Waals surface area contributed by atoms with Gasteiger partial charge in [-0.3, -0.25) is 9.59 Å². The van der Waals surface area contributed by atoms with Gasteiger partial charge in [0.25, 0.3) is 0 Å². The van der Waals surface area contributed by atoms with Crippen molar-refractivity contribution in [3.63, 3.8) is 0 Å². The molecule has 1 aliphatic rings. The Balaban J connectivity index is 1.82. The summed E-state index contributed by atoms with van der Waals surface area (Å²) < 4.78 is 0. The lowest BCUT2D eigenvalue weighted by atomic mass is 10.3. The van der Waals surface area contributed by atoms with Crippen molar-refractivity contribution in [1.29, 1.82) is 0 Å². The van der Waals surface area contributed by atoms with E-state index >= 15 is 0 Å². The first-order valence-corrected chi connectivity index (χ1v) is 5.87. The monoisotopic (exact) mass is 240 g/mol. The molecule has 2 atom stereocenters. The van der Waals surface area contributed by atoms with Gasteiger partial charge in [-0.25, -0.2) is 4.98 Å². The van der Waals surface area contributed by atoms with Gasteiger partial charge in [-0.1, -0.05) is 0 Å². The second kappa shape index (κ2) is 4.21. The average molecular weight is 240 g/mol. The normalized spacial score (nSPS) is 22.8. The summed E-state index contributed by atoms with van der Waals surface area (Å²) in [6.45, 7) is 2.33. The van der Waals surface area contributed by atoms with Crippen LogP contribution in [0.15, 0.2) is 5.51 Å². The molecule has 5 nitrogen and oxygen atoms in total. The van der Waals surface area contributed by atoms with Crippen molar-refractivity contribution in [2.75, 3.05) is 0 Å². The van der Waals surface area contributed by atoms with Crippen LogP contribution in [0.2, 0.25) is 0 Å². The summed E-state index contributed by atoms with van der Waals surface area (Å²) in [7, 11) is 0. The van der Waals surface area contributed by atoms with Crippen molar-refractivity contribution in [1.82, 2.24) is 10.3 Å². The van der Waals surface area contributed by atoms with Crippen LogP contribution in [0.5, 0.6) is 0 Å². The van der Waals surface area contributed by atoms with Gasteiger partial charge in [0.1, 0.15) is 0 Å². The summed E-state index contributed by atoms with van der Waals surface area (Å²) >= 11 is 1.49. The van der Waals surface area contributed by atoms with Crippen LogP contribution in [0.25, 0.3) is 0 Å². The number of thiazole rings is 1. The Labute approximate surface area is 96.5 Å². The second-order valence-corrected chi connectivity index (χ2v) is 4.80. The van der Waals surface area contributed by atoms with Gasteiger partial charge in [0.2, 0.25) is 5.91 Å². The fourth-order valence-corrected chi connectivity index (χ4v) is 2.27. The van der Waals surface area contributed by atoms with E-state index in [9.17, 15) is 9.59 Å². The number of amides is 1. The molecule has 0 aliphatic heterocycles. The fraction of sp³-hybridized carbons (Fsp3) is 0.500. The van der Waals surface area contributed by atoms with E-state index in [1.54, 1.807) is 5.51 Å². The Bertz CT molecular complexity index is 429. The average Bonchev–Trinajstić information content (AvgIpc) is 2.94. The smallest absolute Gasteiger partial charge is 0.307 e. The molecular weight excluding hydrogens is 228 g/mol. The number of nitrogens with one attached hydrogen (secondary N) is 1. The number of aliphatic carboxylic acids is 1. The van der Waals surface area contributed by atoms with Crippen molar-refractivity contribution in [2.45, 2.75) is 19.9 Å². The van der Waals surface area contributed by atoms with Crippen LogP contribution >= 0.6 is 11.3 Å². The molecule has 0 spiro atoms. The summed E-state index contributed by atoms with van der Waals surface area (Å²) in [5.41, 5.74) is 2.64. The van der Waals surface area contributed by atoms with Crippen molar-refractivity contribution >= 4 is 23.2 Å². The van der Waals surface area contributed by atoms with Crippen LogP contribution in [0.1, 0.15) is 17.0 Å². The summed E-state index contributed by atoms with van der Waals surface area (Å²) in [6.07, 6.45) is 0.461. The zero-order chi connectivity index (χ0) is 11.7. The summed E-state index contributed by atoms with van der Waals surface area (Å²) in [5.74, 6) is -1.87. The molecule has 2 N–H and O–H groups in total. The van der Waals surface area contributed by atoms with E-state index in [0.717, 1.165) is 10.6 Å². The summed E-state index contributed by atoms with van der Waals surface area (Å²) in [6, 6.07) is 0. The predicted octanol–water partition coefficient (Wildman–Crippen LogP) is 0.788. The molecule has 86 valence electrons. The van der Waals surface area contributed by atoms with Gasteiger partial charge >= 0.3 is 5.97 Å². The number of hydrogen-bond acceptors (Lipinski definition) is 4. The lowest BCUT2D eigenvalue weighted by molar-refractivity contribution is -0.140. The van der Waals surface area contributed by atoms with Crippen molar-refractivity contribution in [2.24, 2.45) is 11.8 Å². The van der Waals surface area contributed by atoms with Crippen molar-refractivity contribution < 1.29 is 14.7 Å². The largest absolute Gasteiger partial charge is 0.481 e. The molecule has 1 aliphatic carbocycles. The number of aromatic nitrogens is 1. The van der Waals surface area contributed by atoms with Gasteiger partial charge < -0.3 is 10.4 Å². The first kappa shape index (κ1) is 11.1. The van der Waals surface area contributed by atoms with Gasteiger partial charge in [0.05, 0.1) is 29.6 Å². The molecule has 1 fully saturated rings. The molecule has 0 bridgehead atoms. The van der Waals surface area contributed by atoms with Gasteiger partial charge in [-0.2, -0.15) is 0 Å². The Hall–Kier alpha value is -1.43. The number of aryl methyl sites for hydroxylation is 1. The lowest BCUT2D eigenvalue weighted by Gasteiger charge is -2.02. The Morgan fingerprint density at radius 2 is 2.38 bits per heavy atom. The first-order chi connectivity index (χ1) is 7.59. The maximum absolute atomic E-state index is 11.5. The van der Waals surface area contributed by atoms with Crippen LogP contribution < -0.4 is 5.32 Å². The Morgan fingerprint density at radius 1 is 1.62 bits per heavy atom. The third kappa shape index (κ3) is 2.21. The molecule has 1 saturated carbocycles. The predicted molar refractivity (Wildman–Crippen MR) is 57.9 cm³/mol. The topological polar surface area (TPSA) is 79.3 Å². The Morgan fingerprint density at radius 3 is 2.88 bits per heavy atom. The molecule has 2 rings (SSSR count). The van der Waals surface area contributed by atoms with Crippen LogP contribution in [-0.4, -0.2) is 22.0 Å². The highest BCUT2D eigenvalue weighted by Gasteiger charge is 2.48. The number of rotatable bonds is 4. The Kier molecular flexibility index (Phi) is 2.91. The molecule has 1 aromatic rings. The highest BCUT2D eigenvalue weighted by molar-refractivity contribution is 7.09. The minimum Gasteiger partial charge on any atom is -0.481 e. The molecule has 2 unspecified atom stereocenters. The van der Waals surface area contributed by atoms with Gasteiger partial charge in [-0.15, -0.1) is 11.3 Å². The zero-order valence-electron chi connectivity index (χ0n) is 8.77. The van der Waals surface area contributed by atoms with E-state index in [0.29, 0.717) is 13.0 Å². The number of nitrogens with zero attached hydrogens (tertiary/aromatic N) is 1. The maximum Gasteiger partial charge on any atom is 0.307 e. The van der Waals surface area contributed by atoms with Crippen molar-refractivity contribution in [3.8, 4) is 0 Å². The number of carbonyl (C=O) groups is 2. The summed E-state index contributed by atoms with van der Waals surface area (Å²) in [4.78, 5) is 27.2. The molecule has 1 aromatic heterocycles. The fourth-order valence-electron chi connectivity index (χ4n) is 1.55. The highest BCUT2D eigenvalue weighted by Crippen LogP contribution is 2.38. The molecular formula is C10H12N2O3S. The number of carbonyl (C=O) groups excluding carboxylic acids is 1. The van der Waals surface area contributed by atoms with Gasteiger partial charge in [0.15, 0.2) is 0 Å². The van der Waals surface area contributed by atoms with Crippen LogP contribution in [0.4, 0.5) is 0 Å². The number of carboxylic acid groups (broad SMARTS) is 1. The number of hydrogen-bond donors (Lipinski definition) is 2. The first-order valence-electron chi connectivity index (χ1n) is 4.99. The van der Waals surface area contributed by atoms with Gasteiger partial charge in [0, 0.05) is 4.88 Å². The van der Waals surface area contributed by atoms with E-state index in [4.69, 9.17) is 5.11 Å². The molecule has 0 aromatic carbocycles. The second-order valence-electron chi connectivity index (χ2n) is 3.87. The van der Waals surface area contributed by atoms with Crippen molar-refractivity contribution in [3.05, 3.63) is 16.1 Å². The SMILES string of the molecule is Cc1ncsc1CNC(=O)C1CC1C(=O)O. The minimum absolute atomic E-state index is 0.166. The zero-order valence-corrected chi connectivity index (χ0v) is 9.58. The molecule has 6 heteroatoms. The van der Waals surface area contributed by atoms with Crippen LogP contribution in [0, 0.1) is 18.8 Å². The molecule has 1 heterocycles. The molecule has 0 saturated heterocycles. The number of carboxylic acids is 1.